The Morgan fingerprint density at radius 2 is 0.797 bits per heavy atom. The van der Waals surface area contributed by atoms with Gasteiger partial charge in [0.15, 0.2) is 0 Å². The standard InChI is InChI=1S/C24H23BO3.C18H11ClO.C12H9BO3.C6H4BrCl.2CH4/c1-23(2)24(3,4)28-25(27-23)18-9-7-8-16(14-18)17-12-13-22-20(15-17)19-10-5-6-11-21(19)26-22;19-14-5-3-4-12(10-14)13-8-9-18-16(11-13)15-6-1-2-7-17(15)20-18;14-13(15)8-5-6-12-10(7-8)9-3-1-2-4-11(9)16-12;7-5-2-1-3-6(8)4-5;;/h5-15H,1-4H3;1-11H;1-7,14-15H;1-4H;2*1H4. The number of benzene rings is 9. The van der Waals surface area contributed by atoms with Crippen LogP contribution in [0.3, 0.4) is 0 Å². The molecule has 1 fully saturated rings. The molecule has 0 radical (unpaired) electrons. The molecule has 0 unspecified atom stereocenters. The summed E-state index contributed by atoms with van der Waals surface area (Å²) in [5.74, 6) is 0. The first-order valence-corrected chi connectivity index (χ1v) is 25.0. The number of hydrogen-bond acceptors (Lipinski definition) is 7. The van der Waals surface area contributed by atoms with Crippen molar-refractivity contribution in [3.63, 3.8) is 0 Å². The molecule has 0 bridgehead atoms. The predicted octanol–water partition coefficient (Wildman–Crippen LogP) is 17.1. The van der Waals surface area contributed by atoms with Gasteiger partial charge in [0.25, 0.3) is 0 Å². The van der Waals surface area contributed by atoms with E-state index in [2.05, 4.69) is 110 Å². The van der Waals surface area contributed by atoms with E-state index in [1.807, 2.05) is 115 Å². The van der Waals surface area contributed by atoms with Gasteiger partial charge in [0, 0.05) is 46.8 Å². The molecule has 0 atom stereocenters. The van der Waals surface area contributed by atoms with Crippen molar-refractivity contribution in [2.24, 2.45) is 0 Å². The van der Waals surface area contributed by atoms with Gasteiger partial charge < -0.3 is 32.6 Å². The smallest absolute Gasteiger partial charge is 0.456 e. The van der Waals surface area contributed by atoms with Crippen LogP contribution in [0.2, 0.25) is 10.0 Å². The lowest BCUT2D eigenvalue weighted by Gasteiger charge is -2.32. The van der Waals surface area contributed by atoms with E-state index in [0.29, 0.717) is 5.46 Å². The summed E-state index contributed by atoms with van der Waals surface area (Å²) >= 11 is 15.0. The van der Waals surface area contributed by atoms with Crippen LogP contribution in [-0.4, -0.2) is 35.5 Å². The van der Waals surface area contributed by atoms with E-state index in [-0.39, 0.29) is 33.2 Å². The van der Waals surface area contributed by atoms with Crippen molar-refractivity contribution >= 4 is 130 Å². The zero-order valence-corrected chi connectivity index (χ0v) is 42.9. The molecule has 3 aromatic heterocycles. The number of halogens is 3. The van der Waals surface area contributed by atoms with Gasteiger partial charge in [-0.25, -0.2) is 0 Å². The molecule has 1 saturated heterocycles. The second-order valence-electron chi connectivity index (χ2n) is 18.5. The molecule has 0 aliphatic carbocycles. The molecule has 12 aromatic rings. The summed E-state index contributed by atoms with van der Waals surface area (Å²) < 4.78 is 30.9. The Morgan fingerprint density at radius 3 is 1.24 bits per heavy atom. The maximum absolute atomic E-state index is 9.12. The average Bonchev–Trinajstić information content (AvgIpc) is 4.12. The van der Waals surface area contributed by atoms with Crippen LogP contribution < -0.4 is 10.9 Å². The Labute approximate surface area is 450 Å². The second-order valence-corrected chi connectivity index (χ2v) is 20.3. The van der Waals surface area contributed by atoms with Crippen LogP contribution in [-0.2, 0) is 9.31 Å². The number of fused-ring (bicyclic) bond motifs is 9. The zero-order chi connectivity index (χ0) is 50.1. The molecule has 372 valence electrons. The van der Waals surface area contributed by atoms with E-state index >= 15 is 0 Å². The SMILES string of the molecule is C.C.CC1(C)OB(c2cccc(-c3ccc4oc5ccccc5c4c3)c2)OC1(C)C.Clc1cccc(-c2ccc3oc4ccccc4c3c2)c1.Clc1cccc(Br)c1.OB(O)c1ccc2oc3ccccc3c2c1. The zero-order valence-electron chi connectivity index (χ0n) is 39.8. The van der Waals surface area contributed by atoms with Crippen molar-refractivity contribution in [3.05, 3.63) is 215 Å². The molecule has 74 heavy (non-hydrogen) atoms. The van der Waals surface area contributed by atoms with E-state index in [1.54, 1.807) is 18.2 Å². The molecular formula is C62H55B2BrCl2O7. The van der Waals surface area contributed by atoms with Crippen molar-refractivity contribution in [2.45, 2.75) is 53.8 Å². The van der Waals surface area contributed by atoms with Gasteiger partial charge in [-0.2, -0.15) is 0 Å². The number of para-hydroxylation sites is 3. The molecular weight excluding hydrogens is 1030 g/mol. The third kappa shape index (κ3) is 11.4. The fourth-order valence-electron chi connectivity index (χ4n) is 8.69. The van der Waals surface area contributed by atoms with Gasteiger partial charge in [-0.15, -0.1) is 0 Å². The fourth-order valence-corrected chi connectivity index (χ4v) is 9.60. The minimum atomic E-state index is -1.45. The van der Waals surface area contributed by atoms with Crippen LogP contribution in [0, 0.1) is 0 Å². The monoisotopic (exact) mass is 1080 g/mol. The first-order valence-electron chi connectivity index (χ1n) is 23.4. The van der Waals surface area contributed by atoms with Gasteiger partial charge in [-0.1, -0.05) is 175 Å². The minimum Gasteiger partial charge on any atom is -0.456 e. The third-order valence-electron chi connectivity index (χ3n) is 13.1. The Bertz CT molecular complexity index is 3860. The summed E-state index contributed by atoms with van der Waals surface area (Å²) in [5, 5.41) is 26.2. The summed E-state index contributed by atoms with van der Waals surface area (Å²) in [6, 6.07) is 65.5. The van der Waals surface area contributed by atoms with Crippen LogP contribution in [0.25, 0.3) is 88.1 Å². The Hall–Kier alpha value is -6.59. The van der Waals surface area contributed by atoms with Crippen LogP contribution in [0.1, 0.15) is 42.5 Å². The van der Waals surface area contributed by atoms with Gasteiger partial charge in [0.2, 0.25) is 0 Å². The topological polar surface area (TPSA) is 98.3 Å². The quantitative estimate of drug-likeness (QED) is 0.169. The maximum atomic E-state index is 9.12. The summed E-state index contributed by atoms with van der Waals surface area (Å²) in [5.41, 5.74) is 10.6. The Kier molecular flexibility index (Phi) is 16.3. The lowest BCUT2D eigenvalue weighted by Crippen LogP contribution is -2.41. The Morgan fingerprint density at radius 1 is 0.405 bits per heavy atom. The number of furan rings is 3. The molecule has 1 aliphatic heterocycles. The molecule has 13 rings (SSSR count). The molecule has 2 N–H and O–H groups in total. The molecule has 7 nitrogen and oxygen atoms in total. The molecule has 0 spiro atoms. The fraction of sp³-hybridized carbons (Fsp3) is 0.129. The normalized spacial score (nSPS) is 13.3. The largest absolute Gasteiger partial charge is 0.494 e. The molecule has 4 heterocycles. The lowest BCUT2D eigenvalue weighted by molar-refractivity contribution is 0.00578. The minimum absolute atomic E-state index is 0. The summed E-state index contributed by atoms with van der Waals surface area (Å²) in [4.78, 5) is 0. The van der Waals surface area contributed by atoms with Gasteiger partial charge in [0.1, 0.15) is 33.5 Å². The number of rotatable bonds is 4. The van der Waals surface area contributed by atoms with Crippen molar-refractivity contribution in [2.75, 3.05) is 0 Å². The van der Waals surface area contributed by atoms with Gasteiger partial charge in [-0.3, -0.25) is 0 Å². The van der Waals surface area contributed by atoms with Crippen molar-refractivity contribution in [1.29, 1.82) is 0 Å². The van der Waals surface area contributed by atoms with Crippen LogP contribution in [0.15, 0.2) is 218 Å². The highest BCUT2D eigenvalue weighted by Gasteiger charge is 2.51. The first-order chi connectivity index (χ1) is 34.7. The highest BCUT2D eigenvalue weighted by molar-refractivity contribution is 9.10. The summed E-state index contributed by atoms with van der Waals surface area (Å²) in [6.45, 7) is 8.31. The lowest BCUT2D eigenvalue weighted by atomic mass is 9.78. The van der Waals surface area contributed by atoms with Gasteiger partial charge in [0.05, 0.1) is 11.2 Å². The van der Waals surface area contributed by atoms with Gasteiger partial charge >= 0.3 is 14.2 Å². The molecule has 9 aromatic carbocycles. The highest BCUT2D eigenvalue weighted by Crippen LogP contribution is 2.38. The summed E-state index contributed by atoms with van der Waals surface area (Å²) in [7, 11) is -1.80. The Balaban J connectivity index is 0.000000140. The van der Waals surface area contributed by atoms with Crippen molar-refractivity contribution in [1.82, 2.24) is 0 Å². The van der Waals surface area contributed by atoms with Crippen molar-refractivity contribution in [3.8, 4) is 22.3 Å². The van der Waals surface area contributed by atoms with E-state index < -0.39 is 7.12 Å². The average molecular weight is 1080 g/mol. The molecule has 0 saturated carbocycles. The van der Waals surface area contributed by atoms with E-state index in [9.17, 15) is 0 Å². The van der Waals surface area contributed by atoms with E-state index in [4.69, 9.17) is 55.8 Å². The van der Waals surface area contributed by atoms with E-state index in [0.717, 1.165) is 108 Å². The predicted molar refractivity (Wildman–Crippen MR) is 315 cm³/mol. The molecule has 1 aliphatic rings. The third-order valence-corrected chi connectivity index (χ3v) is 14.1. The molecule has 12 heteroatoms. The van der Waals surface area contributed by atoms with Crippen LogP contribution in [0.5, 0.6) is 0 Å². The first kappa shape index (κ1) is 53.7. The number of hydrogen-bond donors (Lipinski definition) is 2. The van der Waals surface area contributed by atoms with Crippen LogP contribution >= 0.6 is 39.1 Å². The van der Waals surface area contributed by atoms with Crippen molar-refractivity contribution < 1.29 is 32.6 Å². The molecule has 0 amide bonds. The maximum Gasteiger partial charge on any atom is 0.494 e. The highest BCUT2D eigenvalue weighted by atomic mass is 79.9. The van der Waals surface area contributed by atoms with Crippen LogP contribution in [0.4, 0.5) is 0 Å². The van der Waals surface area contributed by atoms with E-state index in [1.165, 1.54) is 0 Å². The summed E-state index contributed by atoms with van der Waals surface area (Å²) in [6.07, 6.45) is 0. The van der Waals surface area contributed by atoms with Gasteiger partial charge in [-0.05, 0) is 140 Å². The second kappa shape index (κ2) is 22.5.